The SMILES string of the molecule is CNC(=O)N1CCC[C@@H](Nc2ncc3nc(Nc4c(F)cc(Cl)cc4Cl)n(C4CCC(C(N)=O)CC4)c3n2)C1. The third-order valence-corrected chi connectivity index (χ3v) is 7.91. The van der Waals surface area contributed by atoms with Crippen molar-refractivity contribution in [3.63, 3.8) is 0 Å². The maximum Gasteiger partial charge on any atom is 0.317 e. The maximum atomic E-state index is 14.8. The fourth-order valence-electron chi connectivity index (χ4n) is 5.41. The van der Waals surface area contributed by atoms with Crippen molar-refractivity contribution >= 4 is 63.9 Å². The normalized spacial score (nSPS) is 21.5. The van der Waals surface area contributed by atoms with E-state index in [0.717, 1.165) is 12.8 Å². The second kappa shape index (κ2) is 11.4. The highest BCUT2D eigenvalue weighted by molar-refractivity contribution is 6.36. The Hall–Kier alpha value is -3.38. The van der Waals surface area contributed by atoms with E-state index in [9.17, 15) is 14.0 Å². The molecule has 5 N–H and O–H groups in total. The molecule has 39 heavy (non-hydrogen) atoms. The summed E-state index contributed by atoms with van der Waals surface area (Å²) in [6.07, 6.45) is 5.93. The van der Waals surface area contributed by atoms with E-state index in [0.29, 0.717) is 61.8 Å². The molecule has 3 amide bonds. The first kappa shape index (κ1) is 27.2. The fourth-order valence-corrected chi connectivity index (χ4v) is 5.92. The van der Waals surface area contributed by atoms with Crippen molar-refractivity contribution in [2.24, 2.45) is 11.7 Å². The smallest absolute Gasteiger partial charge is 0.317 e. The summed E-state index contributed by atoms with van der Waals surface area (Å²) >= 11 is 12.3. The molecule has 1 aliphatic carbocycles. The number of aromatic nitrogens is 4. The molecule has 1 saturated heterocycles. The Kier molecular flexibility index (Phi) is 7.94. The van der Waals surface area contributed by atoms with Gasteiger partial charge in [-0.1, -0.05) is 23.2 Å². The lowest BCUT2D eigenvalue weighted by molar-refractivity contribution is -0.122. The number of hydrogen-bond donors (Lipinski definition) is 4. The number of urea groups is 1. The molecule has 14 heteroatoms. The highest BCUT2D eigenvalue weighted by atomic mass is 35.5. The quantitative estimate of drug-likeness (QED) is 0.339. The Morgan fingerprint density at radius 1 is 1.13 bits per heavy atom. The Labute approximate surface area is 234 Å². The molecule has 5 rings (SSSR count). The molecule has 0 radical (unpaired) electrons. The Bertz CT molecular complexity index is 1370. The van der Waals surface area contributed by atoms with Crippen LogP contribution in [0.25, 0.3) is 11.2 Å². The number of anilines is 3. The number of rotatable bonds is 6. The van der Waals surface area contributed by atoms with Crippen LogP contribution in [-0.4, -0.2) is 62.5 Å². The molecule has 1 saturated carbocycles. The van der Waals surface area contributed by atoms with Crippen LogP contribution in [0.5, 0.6) is 0 Å². The first-order valence-corrected chi connectivity index (χ1v) is 13.7. The molecular formula is C25H30Cl2FN9O2. The molecule has 3 aromatic rings. The number of imidazole rings is 1. The fraction of sp³-hybridized carbons (Fsp3) is 0.480. The molecule has 1 aliphatic heterocycles. The predicted molar refractivity (Wildman–Crippen MR) is 148 cm³/mol. The monoisotopic (exact) mass is 577 g/mol. The van der Waals surface area contributed by atoms with E-state index in [4.69, 9.17) is 33.9 Å². The summed E-state index contributed by atoms with van der Waals surface area (Å²) < 4.78 is 16.7. The lowest BCUT2D eigenvalue weighted by atomic mass is 9.85. The van der Waals surface area contributed by atoms with Gasteiger partial charge >= 0.3 is 6.03 Å². The van der Waals surface area contributed by atoms with Crippen LogP contribution in [0.2, 0.25) is 10.0 Å². The van der Waals surface area contributed by atoms with Crippen molar-refractivity contribution in [1.82, 2.24) is 29.7 Å². The maximum absolute atomic E-state index is 14.8. The largest absolute Gasteiger partial charge is 0.369 e. The van der Waals surface area contributed by atoms with Crippen LogP contribution < -0.4 is 21.7 Å². The molecule has 0 spiro atoms. The van der Waals surface area contributed by atoms with Gasteiger partial charge in [-0.2, -0.15) is 4.98 Å². The van der Waals surface area contributed by atoms with Crippen LogP contribution in [0.1, 0.15) is 44.6 Å². The zero-order valence-electron chi connectivity index (χ0n) is 21.4. The number of nitrogens with one attached hydrogen (secondary N) is 3. The predicted octanol–water partition coefficient (Wildman–Crippen LogP) is 4.45. The summed E-state index contributed by atoms with van der Waals surface area (Å²) in [7, 11) is 1.61. The lowest BCUT2D eigenvalue weighted by Crippen LogP contribution is -2.48. The van der Waals surface area contributed by atoms with Crippen LogP contribution >= 0.6 is 23.2 Å². The minimum Gasteiger partial charge on any atom is -0.369 e. The molecule has 1 aromatic carbocycles. The first-order chi connectivity index (χ1) is 18.7. The average Bonchev–Trinajstić information content (AvgIpc) is 3.27. The summed E-state index contributed by atoms with van der Waals surface area (Å²) in [4.78, 5) is 39.5. The van der Waals surface area contributed by atoms with Gasteiger partial charge in [-0.25, -0.2) is 19.2 Å². The van der Waals surface area contributed by atoms with Gasteiger partial charge in [0.1, 0.15) is 11.3 Å². The highest BCUT2D eigenvalue weighted by Gasteiger charge is 2.30. The van der Waals surface area contributed by atoms with Crippen molar-refractivity contribution in [1.29, 1.82) is 0 Å². The number of benzene rings is 1. The molecule has 2 fully saturated rings. The van der Waals surface area contributed by atoms with Crippen LogP contribution in [0, 0.1) is 11.7 Å². The van der Waals surface area contributed by atoms with Crippen molar-refractivity contribution in [2.45, 2.75) is 50.6 Å². The zero-order valence-corrected chi connectivity index (χ0v) is 22.9. The van der Waals surface area contributed by atoms with Gasteiger partial charge in [0.15, 0.2) is 5.65 Å². The minimum absolute atomic E-state index is 0.0181. The van der Waals surface area contributed by atoms with E-state index in [1.807, 2.05) is 4.57 Å². The Morgan fingerprint density at radius 2 is 1.90 bits per heavy atom. The molecule has 0 bridgehead atoms. The molecular weight excluding hydrogens is 548 g/mol. The van der Waals surface area contributed by atoms with E-state index >= 15 is 0 Å². The van der Waals surface area contributed by atoms with Gasteiger partial charge in [0, 0.05) is 43.2 Å². The van der Waals surface area contributed by atoms with Crippen LogP contribution in [0.3, 0.4) is 0 Å². The van der Waals surface area contributed by atoms with Gasteiger partial charge in [0.25, 0.3) is 0 Å². The number of carbonyl (C=O) groups is 2. The summed E-state index contributed by atoms with van der Waals surface area (Å²) in [6.45, 7) is 1.22. The van der Waals surface area contributed by atoms with Crippen LogP contribution in [-0.2, 0) is 4.79 Å². The molecule has 1 atom stereocenters. The summed E-state index contributed by atoms with van der Waals surface area (Å²) in [5, 5.41) is 9.36. The molecule has 3 heterocycles. The number of likely N-dealkylation sites (tertiary alicyclic amines) is 1. The number of nitrogens with two attached hydrogens (primary N) is 1. The highest BCUT2D eigenvalue weighted by Crippen LogP contribution is 2.38. The number of nitrogens with zero attached hydrogens (tertiary/aromatic N) is 5. The van der Waals surface area contributed by atoms with E-state index in [1.54, 1.807) is 18.1 Å². The molecule has 208 valence electrons. The molecule has 2 aromatic heterocycles. The number of primary amides is 1. The van der Waals surface area contributed by atoms with Gasteiger partial charge in [0.05, 0.1) is 16.9 Å². The van der Waals surface area contributed by atoms with Gasteiger partial charge in [-0.05, 0) is 50.7 Å². The summed E-state index contributed by atoms with van der Waals surface area (Å²) in [5.74, 6) is -0.345. The number of hydrogen-bond acceptors (Lipinski definition) is 7. The average molecular weight is 578 g/mol. The standard InChI is InChI=1S/C25H30Cl2FN9O2/c1-30-25(39)36-8-2-3-15(12-36)32-23-31-11-19-22(35-23)37(16-6-4-13(5-7-16)21(29)38)24(33-19)34-20-17(27)9-14(26)10-18(20)28/h9-11,13,15-16H,2-8,12H2,1H3,(H2,29,38)(H,30,39)(H,33,34)(H,31,32,35)/t13?,15-,16?/m1/s1. The minimum atomic E-state index is -0.616. The van der Waals surface area contributed by atoms with E-state index in [-0.39, 0.29) is 45.7 Å². The molecule has 2 aliphatic rings. The topological polar surface area (TPSA) is 143 Å². The third kappa shape index (κ3) is 5.81. The first-order valence-electron chi connectivity index (χ1n) is 12.9. The zero-order chi connectivity index (χ0) is 27.7. The number of carbonyl (C=O) groups excluding carboxylic acids is 2. The van der Waals surface area contributed by atoms with E-state index in [2.05, 4.69) is 25.9 Å². The third-order valence-electron chi connectivity index (χ3n) is 7.40. The summed E-state index contributed by atoms with van der Waals surface area (Å²) in [6, 6.07) is 2.42. The van der Waals surface area contributed by atoms with Gasteiger partial charge in [-0.3, -0.25) is 9.36 Å². The van der Waals surface area contributed by atoms with Crippen LogP contribution in [0.15, 0.2) is 18.3 Å². The van der Waals surface area contributed by atoms with Crippen molar-refractivity contribution in [3.05, 3.63) is 34.2 Å². The van der Waals surface area contributed by atoms with Gasteiger partial charge in [-0.15, -0.1) is 0 Å². The van der Waals surface area contributed by atoms with E-state index < -0.39 is 5.82 Å². The second-order valence-corrected chi connectivity index (χ2v) is 10.8. The Balaban J connectivity index is 1.48. The second-order valence-electron chi connectivity index (χ2n) is 9.97. The van der Waals surface area contributed by atoms with Gasteiger partial charge in [0.2, 0.25) is 17.8 Å². The van der Waals surface area contributed by atoms with Crippen molar-refractivity contribution < 1.29 is 14.0 Å². The number of fused-ring (bicyclic) bond motifs is 1. The van der Waals surface area contributed by atoms with Gasteiger partial charge < -0.3 is 26.6 Å². The number of amides is 3. The van der Waals surface area contributed by atoms with Crippen molar-refractivity contribution in [2.75, 3.05) is 30.8 Å². The van der Waals surface area contributed by atoms with E-state index in [1.165, 1.54) is 12.1 Å². The van der Waals surface area contributed by atoms with Crippen LogP contribution in [0.4, 0.5) is 26.8 Å². The number of piperidine rings is 1. The molecule has 0 unspecified atom stereocenters. The Morgan fingerprint density at radius 3 is 2.59 bits per heavy atom. The summed E-state index contributed by atoms with van der Waals surface area (Å²) in [5.41, 5.74) is 6.67. The molecule has 11 nitrogen and oxygen atoms in total. The lowest BCUT2D eigenvalue weighted by Gasteiger charge is -2.32. The van der Waals surface area contributed by atoms with Crippen molar-refractivity contribution in [3.8, 4) is 0 Å². The number of halogens is 3.